The molecule has 1 atom stereocenters. The molecule has 1 heterocycles. The number of carbonyl (C=O) groups is 2. The molecular formula is C23H14ClFN2O5. The number of nitrogens with zero attached hydrogens (tertiary/aromatic N) is 2. The number of amides is 1. The smallest absolute Gasteiger partial charge is 0.300 e. The van der Waals surface area contributed by atoms with Crippen LogP contribution in [0.5, 0.6) is 0 Å². The molecule has 0 aliphatic carbocycles. The second-order valence-corrected chi connectivity index (χ2v) is 7.44. The molecule has 1 fully saturated rings. The second kappa shape index (κ2) is 8.24. The van der Waals surface area contributed by atoms with Crippen molar-refractivity contribution in [3.8, 4) is 0 Å². The van der Waals surface area contributed by atoms with E-state index in [1.54, 1.807) is 0 Å². The highest BCUT2D eigenvalue weighted by atomic mass is 35.5. The van der Waals surface area contributed by atoms with E-state index in [-0.39, 0.29) is 28.1 Å². The lowest BCUT2D eigenvalue weighted by Crippen LogP contribution is -2.29. The first-order valence-electron chi connectivity index (χ1n) is 9.35. The highest BCUT2D eigenvalue weighted by Crippen LogP contribution is 2.42. The zero-order valence-electron chi connectivity index (χ0n) is 16.2. The Hall–Kier alpha value is -4.04. The van der Waals surface area contributed by atoms with E-state index in [0.29, 0.717) is 5.02 Å². The zero-order chi connectivity index (χ0) is 23.0. The number of anilines is 1. The van der Waals surface area contributed by atoms with E-state index in [4.69, 9.17) is 11.6 Å². The Labute approximate surface area is 186 Å². The molecule has 3 aromatic rings. The summed E-state index contributed by atoms with van der Waals surface area (Å²) in [6.45, 7) is 0. The third-order valence-corrected chi connectivity index (χ3v) is 5.32. The summed E-state index contributed by atoms with van der Waals surface area (Å²) < 4.78 is 13.5. The molecule has 9 heteroatoms. The maximum absolute atomic E-state index is 13.5. The first-order chi connectivity index (χ1) is 15.3. The molecule has 3 aromatic carbocycles. The number of rotatable bonds is 4. The number of ketones is 1. The molecule has 0 aromatic heterocycles. The molecule has 0 spiro atoms. The van der Waals surface area contributed by atoms with Crippen molar-refractivity contribution in [2.45, 2.75) is 6.04 Å². The average Bonchev–Trinajstić information content (AvgIpc) is 3.05. The number of aliphatic hydroxyl groups is 1. The van der Waals surface area contributed by atoms with Gasteiger partial charge >= 0.3 is 0 Å². The van der Waals surface area contributed by atoms with Gasteiger partial charge in [-0.2, -0.15) is 0 Å². The molecule has 1 aliphatic heterocycles. The summed E-state index contributed by atoms with van der Waals surface area (Å²) in [7, 11) is 0. The van der Waals surface area contributed by atoms with Gasteiger partial charge in [-0.25, -0.2) is 4.39 Å². The maximum atomic E-state index is 13.5. The molecule has 1 unspecified atom stereocenters. The number of carbonyl (C=O) groups excluding carboxylic acids is 2. The van der Waals surface area contributed by atoms with Crippen molar-refractivity contribution < 1.29 is 24.0 Å². The highest BCUT2D eigenvalue weighted by Gasteiger charge is 2.47. The summed E-state index contributed by atoms with van der Waals surface area (Å²) in [5.74, 6) is -2.93. The molecule has 1 aliphatic rings. The van der Waals surface area contributed by atoms with Gasteiger partial charge in [0, 0.05) is 28.4 Å². The molecule has 160 valence electrons. The van der Waals surface area contributed by atoms with Crippen LogP contribution in [0.25, 0.3) is 5.76 Å². The van der Waals surface area contributed by atoms with E-state index in [1.165, 1.54) is 60.7 Å². The Kier molecular flexibility index (Phi) is 5.46. The van der Waals surface area contributed by atoms with Crippen LogP contribution in [0.3, 0.4) is 0 Å². The molecule has 0 radical (unpaired) electrons. The van der Waals surface area contributed by atoms with Gasteiger partial charge in [-0.1, -0.05) is 23.7 Å². The Morgan fingerprint density at radius 2 is 1.69 bits per heavy atom. The summed E-state index contributed by atoms with van der Waals surface area (Å²) >= 11 is 5.89. The van der Waals surface area contributed by atoms with E-state index in [2.05, 4.69) is 0 Å². The highest BCUT2D eigenvalue weighted by molar-refractivity contribution is 6.51. The molecular weight excluding hydrogens is 439 g/mol. The monoisotopic (exact) mass is 452 g/mol. The van der Waals surface area contributed by atoms with E-state index in [9.17, 15) is 29.2 Å². The van der Waals surface area contributed by atoms with Gasteiger partial charge in [-0.3, -0.25) is 24.6 Å². The van der Waals surface area contributed by atoms with Gasteiger partial charge in [-0.05, 0) is 54.1 Å². The molecule has 1 saturated heterocycles. The molecule has 0 bridgehead atoms. The van der Waals surface area contributed by atoms with Crippen LogP contribution in [0.2, 0.25) is 5.02 Å². The van der Waals surface area contributed by atoms with Crippen LogP contribution in [0.1, 0.15) is 17.2 Å². The van der Waals surface area contributed by atoms with E-state index >= 15 is 0 Å². The van der Waals surface area contributed by atoms with Crippen molar-refractivity contribution >= 4 is 40.4 Å². The van der Waals surface area contributed by atoms with Crippen LogP contribution in [-0.2, 0) is 9.59 Å². The fraction of sp³-hybridized carbons (Fsp3) is 0.0435. The maximum Gasteiger partial charge on any atom is 0.300 e. The van der Waals surface area contributed by atoms with Crippen LogP contribution in [-0.4, -0.2) is 21.7 Å². The summed E-state index contributed by atoms with van der Waals surface area (Å²) in [4.78, 5) is 37.8. The van der Waals surface area contributed by atoms with Crippen molar-refractivity contribution in [3.05, 3.63) is 110 Å². The largest absolute Gasteiger partial charge is 0.507 e. The minimum atomic E-state index is -1.17. The van der Waals surface area contributed by atoms with Crippen LogP contribution in [0.4, 0.5) is 15.8 Å². The van der Waals surface area contributed by atoms with Crippen LogP contribution in [0, 0.1) is 15.9 Å². The number of nitro groups is 1. The molecule has 1 amide bonds. The second-order valence-electron chi connectivity index (χ2n) is 7.00. The first kappa shape index (κ1) is 21.2. The Bertz CT molecular complexity index is 1270. The summed E-state index contributed by atoms with van der Waals surface area (Å²) in [6.07, 6.45) is 0. The topological polar surface area (TPSA) is 101 Å². The summed E-state index contributed by atoms with van der Waals surface area (Å²) in [5, 5.41) is 22.7. The van der Waals surface area contributed by atoms with Gasteiger partial charge < -0.3 is 5.11 Å². The fourth-order valence-electron chi connectivity index (χ4n) is 3.59. The normalized spacial score (nSPS) is 17.6. The zero-order valence-corrected chi connectivity index (χ0v) is 17.0. The fourth-order valence-corrected chi connectivity index (χ4v) is 3.71. The lowest BCUT2D eigenvalue weighted by atomic mass is 9.95. The standard InChI is InChI=1S/C23H14ClFN2O5/c24-15-6-4-13(5-7-15)21(28)19-20(14-2-1-3-18(12-14)27(31)32)26(23(30)22(19)29)17-10-8-16(25)9-11-17/h1-12,20,28H/b21-19+. The lowest BCUT2D eigenvalue weighted by molar-refractivity contribution is -0.384. The quantitative estimate of drug-likeness (QED) is 0.197. The van der Waals surface area contributed by atoms with Crippen LogP contribution >= 0.6 is 11.6 Å². The Morgan fingerprint density at radius 1 is 1.03 bits per heavy atom. The molecule has 0 saturated carbocycles. The number of aliphatic hydroxyl groups excluding tert-OH is 1. The molecule has 1 N–H and O–H groups in total. The number of hydrogen-bond donors (Lipinski definition) is 1. The van der Waals surface area contributed by atoms with Crippen molar-refractivity contribution in [1.82, 2.24) is 0 Å². The number of Topliss-reactive ketones (excluding diaryl/α,β-unsaturated/α-hetero) is 1. The average molecular weight is 453 g/mol. The van der Waals surface area contributed by atoms with Crippen molar-refractivity contribution in [1.29, 1.82) is 0 Å². The van der Waals surface area contributed by atoms with Crippen molar-refractivity contribution in [2.75, 3.05) is 4.90 Å². The molecule has 32 heavy (non-hydrogen) atoms. The third kappa shape index (κ3) is 3.72. The van der Waals surface area contributed by atoms with Gasteiger partial charge in [0.05, 0.1) is 16.5 Å². The van der Waals surface area contributed by atoms with Gasteiger partial charge in [0.15, 0.2) is 0 Å². The van der Waals surface area contributed by atoms with Gasteiger partial charge in [0.25, 0.3) is 17.4 Å². The molecule has 4 rings (SSSR count). The lowest BCUT2D eigenvalue weighted by Gasteiger charge is -2.25. The van der Waals surface area contributed by atoms with Crippen LogP contribution < -0.4 is 4.90 Å². The van der Waals surface area contributed by atoms with E-state index in [0.717, 1.165) is 17.0 Å². The van der Waals surface area contributed by atoms with Crippen molar-refractivity contribution in [2.24, 2.45) is 0 Å². The first-order valence-corrected chi connectivity index (χ1v) is 9.72. The summed E-state index contributed by atoms with van der Waals surface area (Å²) in [6, 6.07) is 15.1. The predicted molar refractivity (Wildman–Crippen MR) is 116 cm³/mol. The number of benzene rings is 3. The van der Waals surface area contributed by atoms with Gasteiger partial charge in [-0.15, -0.1) is 0 Å². The third-order valence-electron chi connectivity index (χ3n) is 5.06. The number of non-ortho nitro benzene ring substituents is 1. The molecule has 7 nitrogen and oxygen atoms in total. The van der Waals surface area contributed by atoms with E-state index < -0.39 is 34.2 Å². The minimum Gasteiger partial charge on any atom is -0.507 e. The van der Waals surface area contributed by atoms with Crippen molar-refractivity contribution in [3.63, 3.8) is 0 Å². The Morgan fingerprint density at radius 3 is 2.31 bits per heavy atom. The SMILES string of the molecule is O=C1C(=O)N(c2ccc(F)cc2)C(c2cccc([N+](=O)[O-])c2)/C1=C(\O)c1ccc(Cl)cc1. The van der Waals surface area contributed by atoms with E-state index in [1.807, 2.05) is 0 Å². The number of hydrogen-bond acceptors (Lipinski definition) is 5. The minimum absolute atomic E-state index is 0.195. The Balaban J connectivity index is 1.96. The van der Waals surface area contributed by atoms with Gasteiger partial charge in [0.2, 0.25) is 0 Å². The number of halogens is 2. The van der Waals surface area contributed by atoms with Crippen LogP contribution in [0.15, 0.2) is 78.4 Å². The van der Waals surface area contributed by atoms with Gasteiger partial charge in [0.1, 0.15) is 11.6 Å². The predicted octanol–water partition coefficient (Wildman–Crippen LogP) is 5.01. The number of nitro benzene ring substituents is 1. The summed E-state index contributed by atoms with van der Waals surface area (Å²) in [5.41, 5.74) is 0.168.